The molecule has 0 saturated carbocycles. The molecule has 1 atom stereocenters. The zero-order valence-corrected chi connectivity index (χ0v) is 19.2. The van der Waals surface area contributed by atoms with E-state index in [1.165, 1.54) is 0 Å². The van der Waals surface area contributed by atoms with Gasteiger partial charge >= 0.3 is 0 Å². The van der Waals surface area contributed by atoms with Crippen molar-refractivity contribution in [3.05, 3.63) is 72.1 Å². The number of aromatic nitrogens is 2. The van der Waals surface area contributed by atoms with Crippen molar-refractivity contribution in [2.45, 2.75) is 38.2 Å². The third kappa shape index (κ3) is 6.74. The Labute approximate surface area is 199 Å². The van der Waals surface area contributed by atoms with E-state index in [2.05, 4.69) is 15.5 Å². The maximum Gasteiger partial charge on any atom is 0.248 e. The molecular formula is C26H30N4O4. The Morgan fingerprint density at radius 1 is 1.06 bits per heavy atom. The predicted octanol–water partition coefficient (Wildman–Crippen LogP) is 3.56. The van der Waals surface area contributed by atoms with Gasteiger partial charge in [-0.05, 0) is 24.8 Å². The predicted molar refractivity (Wildman–Crippen MR) is 127 cm³/mol. The average Bonchev–Trinajstić information content (AvgIpc) is 3.35. The number of carbonyl (C=O) groups is 2. The number of ether oxygens (including phenoxy) is 1. The topological polar surface area (TPSA) is 97.6 Å². The fraction of sp³-hybridized carbons (Fsp3) is 0.385. The summed E-state index contributed by atoms with van der Waals surface area (Å²) in [5, 5.41) is 7.08. The number of amides is 2. The molecule has 0 spiro atoms. The van der Waals surface area contributed by atoms with Crippen LogP contribution in [-0.2, 0) is 20.9 Å². The van der Waals surface area contributed by atoms with E-state index in [9.17, 15) is 9.59 Å². The number of carbonyl (C=O) groups excluding carboxylic acids is 2. The Balaban J connectivity index is 1.35. The Kier molecular flexibility index (Phi) is 8.40. The molecule has 4 rings (SSSR count). The van der Waals surface area contributed by atoms with Gasteiger partial charge in [-0.15, -0.1) is 0 Å². The normalized spacial score (nSPS) is 17.6. The summed E-state index contributed by atoms with van der Waals surface area (Å²) in [4.78, 5) is 31.4. The van der Waals surface area contributed by atoms with Gasteiger partial charge in [-0.1, -0.05) is 65.8 Å². The van der Waals surface area contributed by atoms with Crippen LogP contribution in [-0.4, -0.2) is 53.1 Å². The molecule has 8 heteroatoms. The minimum absolute atomic E-state index is 0.00893. The molecule has 2 aromatic carbocycles. The van der Waals surface area contributed by atoms with Crippen LogP contribution in [0.1, 0.15) is 43.1 Å². The van der Waals surface area contributed by atoms with E-state index in [0.717, 1.165) is 24.0 Å². The van der Waals surface area contributed by atoms with Crippen molar-refractivity contribution >= 4 is 11.8 Å². The van der Waals surface area contributed by atoms with Crippen LogP contribution in [0.25, 0.3) is 11.4 Å². The minimum Gasteiger partial charge on any atom is -0.367 e. The zero-order chi connectivity index (χ0) is 23.6. The molecule has 1 unspecified atom stereocenters. The monoisotopic (exact) mass is 462 g/mol. The summed E-state index contributed by atoms with van der Waals surface area (Å²) in [7, 11) is 0. The highest BCUT2D eigenvalue weighted by Crippen LogP contribution is 2.26. The lowest BCUT2D eigenvalue weighted by Gasteiger charge is -2.22. The van der Waals surface area contributed by atoms with Crippen molar-refractivity contribution in [2.75, 3.05) is 26.2 Å². The molecule has 1 saturated heterocycles. The molecule has 0 aliphatic carbocycles. The van der Waals surface area contributed by atoms with Gasteiger partial charge in [0.15, 0.2) is 0 Å². The van der Waals surface area contributed by atoms with E-state index < -0.39 is 0 Å². The number of hydrogen-bond donors (Lipinski definition) is 1. The van der Waals surface area contributed by atoms with E-state index in [0.29, 0.717) is 44.4 Å². The van der Waals surface area contributed by atoms with Crippen LogP contribution < -0.4 is 5.32 Å². The highest BCUT2D eigenvalue weighted by Gasteiger charge is 2.23. The van der Waals surface area contributed by atoms with Crippen LogP contribution >= 0.6 is 0 Å². The summed E-state index contributed by atoms with van der Waals surface area (Å²) >= 11 is 0. The van der Waals surface area contributed by atoms with Gasteiger partial charge in [0.2, 0.25) is 23.5 Å². The zero-order valence-electron chi connectivity index (χ0n) is 19.2. The summed E-state index contributed by atoms with van der Waals surface area (Å²) in [5.74, 6) is 0.954. The van der Waals surface area contributed by atoms with Crippen molar-refractivity contribution in [2.24, 2.45) is 0 Å². The van der Waals surface area contributed by atoms with Crippen molar-refractivity contribution < 1.29 is 18.8 Å². The Bertz CT molecular complexity index is 1050. The molecule has 2 amide bonds. The number of benzene rings is 2. The van der Waals surface area contributed by atoms with E-state index in [1.807, 2.05) is 60.7 Å². The fourth-order valence-electron chi connectivity index (χ4n) is 4.02. The van der Waals surface area contributed by atoms with Gasteiger partial charge in [0.25, 0.3) is 0 Å². The first-order valence-corrected chi connectivity index (χ1v) is 11.7. The second-order valence-electron chi connectivity index (χ2n) is 8.41. The number of hydrogen-bond acceptors (Lipinski definition) is 6. The maximum atomic E-state index is 12.8. The van der Waals surface area contributed by atoms with E-state index >= 15 is 0 Å². The molecule has 0 bridgehead atoms. The Morgan fingerprint density at radius 2 is 1.82 bits per heavy atom. The molecule has 178 valence electrons. The molecule has 0 radical (unpaired) electrons. The lowest BCUT2D eigenvalue weighted by molar-refractivity contribution is -0.137. The maximum absolute atomic E-state index is 12.8. The third-order valence-electron chi connectivity index (χ3n) is 5.92. The molecule has 1 aliphatic rings. The largest absolute Gasteiger partial charge is 0.367 e. The highest BCUT2D eigenvalue weighted by molar-refractivity contribution is 5.79. The van der Waals surface area contributed by atoms with Gasteiger partial charge in [0.1, 0.15) is 6.61 Å². The Hall–Kier alpha value is -3.52. The number of rotatable bonds is 6. The van der Waals surface area contributed by atoms with Crippen LogP contribution in [0.5, 0.6) is 0 Å². The van der Waals surface area contributed by atoms with Crippen LogP contribution in [0.2, 0.25) is 0 Å². The van der Waals surface area contributed by atoms with Crippen LogP contribution in [0.3, 0.4) is 0 Å². The quantitative estimate of drug-likeness (QED) is 0.602. The SMILES string of the molecule is O=C1CCN(C(=O)COCc2ccccc2)CCCC(c2nc(-c3ccccc3)no2)CCN1. The summed E-state index contributed by atoms with van der Waals surface area (Å²) in [5.41, 5.74) is 1.92. The fourth-order valence-corrected chi connectivity index (χ4v) is 4.02. The van der Waals surface area contributed by atoms with Crippen LogP contribution in [0.4, 0.5) is 0 Å². The second kappa shape index (κ2) is 12.1. The minimum atomic E-state index is -0.108. The van der Waals surface area contributed by atoms with E-state index in [-0.39, 0.29) is 30.8 Å². The first-order chi connectivity index (χ1) is 16.7. The lowest BCUT2D eigenvalue weighted by Crippen LogP contribution is -2.37. The van der Waals surface area contributed by atoms with E-state index in [1.54, 1.807) is 4.90 Å². The van der Waals surface area contributed by atoms with Crippen LogP contribution in [0.15, 0.2) is 65.2 Å². The first-order valence-electron chi connectivity index (χ1n) is 11.7. The molecule has 1 aromatic heterocycles. The number of nitrogens with one attached hydrogen (secondary N) is 1. The van der Waals surface area contributed by atoms with Gasteiger partial charge < -0.3 is 19.5 Å². The molecule has 1 N–H and O–H groups in total. The summed E-state index contributed by atoms with van der Waals surface area (Å²) < 4.78 is 11.2. The van der Waals surface area contributed by atoms with E-state index in [4.69, 9.17) is 9.26 Å². The standard InChI is InChI=1S/C26H30N4O4/c31-23-14-17-30(24(32)19-33-18-20-8-3-1-4-9-20)16-7-12-22(13-15-27-23)26-28-25(29-34-26)21-10-5-2-6-11-21/h1-6,8-11,22H,7,12-19H2,(H,27,31). The lowest BCUT2D eigenvalue weighted by atomic mass is 9.99. The summed E-state index contributed by atoms with van der Waals surface area (Å²) in [6.07, 6.45) is 2.53. The van der Waals surface area contributed by atoms with Crippen molar-refractivity contribution in [3.8, 4) is 11.4 Å². The molecule has 2 heterocycles. The van der Waals surface area contributed by atoms with Crippen molar-refractivity contribution in [3.63, 3.8) is 0 Å². The second-order valence-corrected chi connectivity index (χ2v) is 8.41. The van der Waals surface area contributed by atoms with Gasteiger partial charge in [-0.25, -0.2) is 0 Å². The average molecular weight is 463 g/mol. The first kappa shape index (κ1) is 23.6. The third-order valence-corrected chi connectivity index (χ3v) is 5.92. The highest BCUT2D eigenvalue weighted by atomic mass is 16.5. The van der Waals surface area contributed by atoms with Crippen molar-refractivity contribution in [1.82, 2.24) is 20.4 Å². The molecule has 1 aliphatic heterocycles. The van der Waals surface area contributed by atoms with Gasteiger partial charge in [0.05, 0.1) is 6.61 Å². The molecule has 1 fully saturated rings. The summed E-state index contributed by atoms with van der Waals surface area (Å²) in [6, 6.07) is 19.4. The summed E-state index contributed by atoms with van der Waals surface area (Å²) in [6.45, 7) is 1.83. The molecule has 34 heavy (non-hydrogen) atoms. The van der Waals surface area contributed by atoms with Gasteiger partial charge in [0, 0.05) is 37.5 Å². The molecule has 8 nitrogen and oxygen atoms in total. The van der Waals surface area contributed by atoms with Crippen molar-refractivity contribution in [1.29, 1.82) is 0 Å². The molecular weight excluding hydrogens is 432 g/mol. The van der Waals surface area contributed by atoms with Gasteiger partial charge in [-0.2, -0.15) is 4.98 Å². The van der Waals surface area contributed by atoms with Crippen LogP contribution in [0, 0.1) is 0 Å². The smallest absolute Gasteiger partial charge is 0.248 e. The Morgan fingerprint density at radius 3 is 2.62 bits per heavy atom. The van der Waals surface area contributed by atoms with Gasteiger partial charge in [-0.3, -0.25) is 9.59 Å². The molecule has 3 aromatic rings. The number of nitrogens with zero attached hydrogens (tertiary/aromatic N) is 3.